The van der Waals surface area contributed by atoms with Crippen LogP contribution in [0.5, 0.6) is 0 Å². The Morgan fingerprint density at radius 2 is 2.24 bits per heavy atom. The standard InChI is InChI=1S/C13H12ClFOS/c1-9-7-13(15)11(8-12(9)14)5-3-4-6-17-10(2)16/h7-8H,4,6H2,1-2H3. The maximum atomic E-state index is 13.4. The highest BCUT2D eigenvalue weighted by atomic mass is 35.5. The van der Waals surface area contributed by atoms with E-state index in [1.165, 1.54) is 30.8 Å². The summed E-state index contributed by atoms with van der Waals surface area (Å²) in [6.45, 7) is 3.25. The van der Waals surface area contributed by atoms with Crippen molar-refractivity contribution in [3.05, 3.63) is 34.1 Å². The van der Waals surface area contributed by atoms with E-state index in [1.54, 1.807) is 6.92 Å². The van der Waals surface area contributed by atoms with Gasteiger partial charge in [0, 0.05) is 24.1 Å². The zero-order valence-electron chi connectivity index (χ0n) is 9.64. The summed E-state index contributed by atoms with van der Waals surface area (Å²) in [6, 6.07) is 2.90. The second-order valence-corrected chi connectivity index (χ2v) is 5.15. The third-order valence-electron chi connectivity index (χ3n) is 2.00. The minimum absolute atomic E-state index is 0.0661. The molecule has 0 aliphatic rings. The molecule has 1 aromatic rings. The maximum Gasteiger partial charge on any atom is 0.185 e. The van der Waals surface area contributed by atoms with Gasteiger partial charge in [-0.2, -0.15) is 0 Å². The predicted molar refractivity (Wildman–Crippen MR) is 70.8 cm³/mol. The smallest absolute Gasteiger partial charge is 0.185 e. The van der Waals surface area contributed by atoms with Crippen LogP contribution in [0.2, 0.25) is 5.02 Å². The first-order valence-electron chi connectivity index (χ1n) is 5.08. The van der Waals surface area contributed by atoms with Crippen molar-refractivity contribution in [2.75, 3.05) is 5.75 Å². The molecule has 0 saturated heterocycles. The van der Waals surface area contributed by atoms with E-state index in [2.05, 4.69) is 11.8 Å². The largest absolute Gasteiger partial charge is 0.288 e. The molecule has 1 aromatic carbocycles. The van der Waals surface area contributed by atoms with Gasteiger partial charge >= 0.3 is 0 Å². The average molecular weight is 271 g/mol. The first kappa shape index (κ1) is 14.1. The first-order valence-corrected chi connectivity index (χ1v) is 6.45. The van der Waals surface area contributed by atoms with Crippen molar-refractivity contribution >= 4 is 28.5 Å². The van der Waals surface area contributed by atoms with Crippen LogP contribution in [0.1, 0.15) is 24.5 Å². The minimum atomic E-state index is -0.362. The highest BCUT2D eigenvalue weighted by Gasteiger charge is 2.03. The number of thioether (sulfide) groups is 1. The van der Waals surface area contributed by atoms with Crippen LogP contribution in [0.25, 0.3) is 0 Å². The molecule has 0 unspecified atom stereocenters. The number of aryl methyl sites for hydroxylation is 1. The van der Waals surface area contributed by atoms with E-state index < -0.39 is 0 Å². The molecular formula is C13H12ClFOS. The van der Waals surface area contributed by atoms with E-state index in [4.69, 9.17) is 11.6 Å². The van der Waals surface area contributed by atoms with Crippen LogP contribution < -0.4 is 0 Å². The van der Waals surface area contributed by atoms with Gasteiger partial charge in [-0.05, 0) is 24.6 Å². The van der Waals surface area contributed by atoms with Gasteiger partial charge in [-0.1, -0.05) is 35.2 Å². The van der Waals surface area contributed by atoms with Gasteiger partial charge in [-0.3, -0.25) is 4.79 Å². The van der Waals surface area contributed by atoms with E-state index in [-0.39, 0.29) is 10.9 Å². The van der Waals surface area contributed by atoms with Gasteiger partial charge in [-0.25, -0.2) is 4.39 Å². The van der Waals surface area contributed by atoms with Crippen molar-refractivity contribution in [2.24, 2.45) is 0 Å². The van der Waals surface area contributed by atoms with Gasteiger partial charge in [0.25, 0.3) is 0 Å². The molecule has 0 bridgehead atoms. The summed E-state index contributed by atoms with van der Waals surface area (Å²) in [5.74, 6) is 5.81. The Balaban J connectivity index is 2.66. The molecule has 0 heterocycles. The van der Waals surface area contributed by atoms with Crippen LogP contribution in [-0.4, -0.2) is 10.9 Å². The van der Waals surface area contributed by atoms with E-state index in [0.29, 0.717) is 28.3 Å². The van der Waals surface area contributed by atoms with Crippen molar-refractivity contribution < 1.29 is 9.18 Å². The number of carbonyl (C=O) groups is 1. The Hall–Kier alpha value is -0.980. The lowest BCUT2D eigenvalue weighted by molar-refractivity contribution is -0.109. The molecular weight excluding hydrogens is 259 g/mol. The van der Waals surface area contributed by atoms with E-state index in [9.17, 15) is 9.18 Å². The highest BCUT2D eigenvalue weighted by molar-refractivity contribution is 8.13. The van der Waals surface area contributed by atoms with Crippen molar-refractivity contribution in [1.29, 1.82) is 0 Å². The fourth-order valence-electron chi connectivity index (χ4n) is 1.15. The summed E-state index contributed by atoms with van der Waals surface area (Å²) in [6.07, 6.45) is 0.551. The van der Waals surface area contributed by atoms with Gasteiger partial charge < -0.3 is 0 Å². The molecule has 0 aliphatic carbocycles. The lowest BCUT2D eigenvalue weighted by Gasteiger charge is -1.99. The van der Waals surface area contributed by atoms with Gasteiger partial charge in [0.1, 0.15) is 5.82 Å². The fourth-order valence-corrected chi connectivity index (χ4v) is 1.80. The Labute approximate surface area is 110 Å². The molecule has 0 atom stereocenters. The molecule has 0 spiro atoms. The summed E-state index contributed by atoms with van der Waals surface area (Å²) in [5, 5.41) is 0.574. The number of rotatable bonds is 2. The number of carbonyl (C=O) groups excluding carboxylic acids is 1. The molecule has 90 valence electrons. The average Bonchev–Trinajstić information content (AvgIpc) is 2.24. The van der Waals surface area contributed by atoms with Crippen molar-refractivity contribution in [3.8, 4) is 11.8 Å². The van der Waals surface area contributed by atoms with E-state index in [1.807, 2.05) is 0 Å². The second-order valence-electron chi connectivity index (χ2n) is 3.47. The quantitative estimate of drug-likeness (QED) is 0.600. The van der Waals surface area contributed by atoms with Crippen molar-refractivity contribution in [2.45, 2.75) is 20.3 Å². The van der Waals surface area contributed by atoms with Gasteiger partial charge in [-0.15, -0.1) is 0 Å². The molecule has 0 saturated carbocycles. The predicted octanol–water partition coefficient (Wildman–Crippen LogP) is 3.81. The van der Waals surface area contributed by atoms with Gasteiger partial charge in [0.15, 0.2) is 5.12 Å². The number of hydrogen-bond acceptors (Lipinski definition) is 2. The second kappa shape index (κ2) is 6.68. The van der Waals surface area contributed by atoms with Crippen LogP contribution in [0.15, 0.2) is 12.1 Å². The zero-order valence-corrected chi connectivity index (χ0v) is 11.2. The molecule has 17 heavy (non-hydrogen) atoms. The Bertz CT molecular complexity index is 488. The molecule has 0 fully saturated rings. The van der Waals surface area contributed by atoms with Gasteiger partial charge in [0.2, 0.25) is 0 Å². The molecule has 1 rings (SSSR count). The summed E-state index contributed by atoms with van der Waals surface area (Å²) in [5.41, 5.74) is 0.996. The zero-order chi connectivity index (χ0) is 12.8. The van der Waals surface area contributed by atoms with Crippen LogP contribution in [-0.2, 0) is 4.79 Å². The minimum Gasteiger partial charge on any atom is -0.288 e. The van der Waals surface area contributed by atoms with Crippen molar-refractivity contribution in [1.82, 2.24) is 0 Å². The van der Waals surface area contributed by atoms with E-state index >= 15 is 0 Å². The lowest BCUT2D eigenvalue weighted by Crippen LogP contribution is -1.87. The summed E-state index contributed by atoms with van der Waals surface area (Å²) < 4.78 is 13.4. The summed E-state index contributed by atoms with van der Waals surface area (Å²) in [7, 11) is 0. The Morgan fingerprint density at radius 3 is 2.88 bits per heavy atom. The molecule has 0 radical (unpaired) electrons. The number of hydrogen-bond donors (Lipinski definition) is 0. The highest BCUT2D eigenvalue weighted by Crippen LogP contribution is 2.19. The molecule has 4 heteroatoms. The monoisotopic (exact) mass is 270 g/mol. The van der Waals surface area contributed by atoms with Crippen LogP contribution >= 0.6 is 23.4 Å². The molecule has 0 aliphatic heterocycles. The molecule has 0 amide bonds. The Kier molecular flexibility index (Phi) is 5.54. The SMILES string of the molecule is CC(=O)SCCC#Cc1cc(Cl)c(C)cc1F. The van der Waals surface area contributed by atoms with Crippen molar-refractivity contribution in [3.63, 3.8) is 0 Å². The van der Waals surface area contributed by atoms with Crippen LogP contribution in [0.3, 0.4) is 0 Å². The lowest BCUT2D eigenvalue weighted by atomic mass is 10.1. The van der Waals surface area contributed by atoms with E-state index in [0.717, 1.165) is 0 Å². The van der Waals surface area contributed by atoms with Crippen LogP contribution in [0, 0.1) is 24.6 Å². The normalized spacial score (nSPS) is 9.65. The molecule has 0 aromatic heterocycles. The molecule has 0 N–H and O–H groups in total. The number of halogens is 2. The maximum absolute atomic E-state index is 13.4. The van der Waals surface area contributed by atoms with Gasteiger partial charge in [0.05, 0.1) is 5.56 Å². The number of benzene rings is 1. The fraction of sp³-hybridized carbons (Fsp3) is 0.308. The molecule has 1 nitrogen and oxygen atoms in total. The summed E-state index contributed by atoms with van der Waals surface area (Å²) in [4.78, 5) is 10.7. The summed E-state index contributed by atoms with van der Waals surface area (Å²) >= 11 is 7.10. The first-order chi connectivity index (χ1) is 8.00. The third kappa shape index (κ3) is 4.80. The topological polar surface area (TPSA) is 17.1 Å². The van der Waals surface area contributed by atoms with Crippen LogP contribution in [0.4, 0.5) is 4.39 Å². The Morgan fingerprint density at radius 1 is 1.53 bits per heavy atom. The third-order valence-corrected chi connectivity index (χ3v) is 3.23.